The van der Waals surface area contributed by atoms with E-state index in [9.17, 15) is 4.79 Å². The van der Waals surface area contributed by atoms with Crippen molar-refractivity contribution in [1.82, 2.24) is 19.9 Å². The Morgan fingerprint density at radius 3 is 2.57 bits per heavy atom. The molecule has 0 spiro atoms. The maximum atomic E-state index is 12.5. The number of aryl methyl sites for hydroxylation is 1. The maximum absolute atomic E-state index is 12.5. The number of ether oxygens (including phenoxy) is 1. The largest absolute Gasteiger partial charge is 0.494 e. The average Bonchev–Trinajstić information content (AvgIpc) is 3.12. The number of carbonyl (C=O) groups is 1. The quantitative estimate of drug-likeness (QED) is 0.615. The number of benzene rings is 1. The fourth-order valence-electron chi connectivity index (χ4n) is 3.27. The van der Waals surface area contributed by atoms with Crippen molar-refractivity contribution in [2.75, 3.05) is 52.9 Å². The van der Waals surface area contributed by atoms with E-state index in [0.29, 0.717) is 19.7 Å². The van der Waals surface area contributed by atoms with Gasteiger partial charge in [0.15, 0.2) is 0 Å². The summed E-state index contributed by atoms with van der Waals surface area (Å²) in [7, 11) is 1.87. The average molecular weight is 386 g/mol. The van der Waals surface area contributed by atoms with Gasteiger partial charge in [-0.25, -0.2) is 0 Å². The molecule has 2 heterocycles. The first kappa shape index (κ1) is 20.4. The van der Waals surface area contributed by atoms with Gasteiger partial charge in [0.25, 0.3) is 0 Å². The summed E-state index contributed by atoms with van der Waals surface area (Å²) >= 11 is 0. The normalized spacial score (nSPS) is 15.5. The van der Waals surface area contributed by atoms with E-state index in [2.05, 4.69) is 15.0 Å². The van der Waals surface area contributed by atoms with Gasteiger partial charge in [0.2, 0.25) is 5.91 Å². The summed E-state index contributed by atoms with van der Waals surface area (Å²) in [6.45, 7) is 8.18. The summed E-state index contributed by atoms with van der Waals surface area (Å²) in [6, 6.07) is 11.7. The SMILES string of the molecule is Cc1cc(CN2CCN(CC(=O)N(C)CCCOc3ccccc3)CC2)no1. The van der Waals surface area contributed by atoms with E-state index < -0.39 is 0 Å². The molecule has 2 aromatic rings. The van der Waals surface area contributed by atoms with Gasteiger partial charge in [-0.1, -0.05) is 23.4 Å². The zero-order valence-electron chi connectivity index (χ0n) is 16.8. The Morgan fingerprint density at radius 2 is 1.89 bits per heavy atom. The van der Waals surface area contributed by atoms with Gasteiger partial charge in [-0.05, 0) is 25.5 Å². The van der Waals surface area contributed by atoms with Crippen molar-refractivity contribution in [3.05, 3.63) is 47.9 Å². The molecular formula is C21H30N4O3. The van der Waals surface area contributed by atoms with Crippen LogP contribution in [-0.2, 0) is 11.3 Å². The van der Waals surface area contributed by atoms with Crippen LogP contribution in [0.15, 0.2) is 40.9 Å². The minimum atomic E-state index is 0.167. The number of amides is 1. The van der Waals surface area contributed by atoms with Crippen molar-refractivity contribution in [3.63, 3.8) is 0 Å². The van der Waals surface area contributed by atoms with Crippen LogP contribution in [-0.4, -0.2) is 78.7 Å². The Kier molecular flexibility index (Phi) is 7.45. The summed E-state index contributed by atoms with van der Waals surface area (Å²) in [6.07, 6.45) is 0.821. The number of aromatic nitrogens is 1. The number of rotatable bonds is 9. The van der Waals surface area contributed by atoms with Crippen LogP contribution in [0.4, 0.5) is 0 Å². The number of para-hydroxylation sites is 1. The molecule has 3 rings (SSSR count). The van der Waals surface area contributed by atoms with E-state index in [4.69, 9.17) is 9.26 Å². The molecule has 1 aromatic carbocycles. The second kappa shape index (κ2) is 10.2. The molecule has 1 aliphatic heterocycles. The van der Waals surface area contributed by atoms with Crippen LogP contribution in [0.3, 0.4) is 0 Å². The molecule has 7 heteroatoms. The van der Waals surface area contributed by atoms with Crippen LogP contribution in [0.2, 0.25) is 0 Å². The van der Waals surface area contributed by atoms with Gasteiger partial charge in [0.05, 0.1) is 18.8 Å². The van der Waals surface area contributed by atoms with Gasteiger partial charge in [-0.2, -0.15) is 0 Å². The smallest absolute Gasteiger partial charge is 0.236 e. The van der Waals surface area contributed by atoms with Crippen molar-refractivity contribution < 1.29 is 14.1 Å². The highest BCUT2D eigenvalue weighted by atomic mass is 16.5. The van der Waals surface area contributed by atoms with Crippen molar-refractivity contribution in [2.24, 2.45) is 0 Å². The molecule has 0 atom stereocenters. The van der Waals surface area contributed by atoms with E-state index in [-0.39, 0.29) is 5.91 Å². The fraction of sp³-hybridized carbons (Fsp3) is 0.524. The van der Waals surface area contributed by atoms with Crippen LogP contribution in [0.25, 0.3) is 0 Å². The molecule has 0 unspecified atom stereocenters. The van der Waals surface area contributed by atoms with Crippen LogP contribution < -0.4 is 4.74 Å². The van der Waals surface area contributed by atoms with Gasteiger partial charge < -0.3 is 14.2 Å². The molecule has 0 bridgehead atoms. The predicted octanol–water partition coefficient (Wildman–Crippen LogP) is 2.03. The monoisotopic (exact) mass is 386 g/mol. The van der Waals surface area contributed by atoms with Crippen LogP contribution >= 0.6 is 0 Å². The molecule has 28 heavy (non-hydrogen) atoms. The Bertz CT molecular complexity index is 726. The summed E-state index contributed by atoms with van der Waals surface area (Å²) < 4.78 is 10.8. The van der Waals surface area contributed by atoms with Gasteiger partial charge in [-0.3, -0.25) is 14.6 Å². The first-order valence-corrected chi connectivity index (χ1v) is 9.89. The van der Waals surface area contributed by atoms with Gasteiger partial charge in [-0.15, -0.1) is 0 Å². The molecule has 0 radical (unpaired) electrons. The first-order chi connectivity index (χ1) is 13.6. The Hall–Kier alpha value is -2.38. The Balaban J connectivity index is 1.30. The predicted molar refractivity (Wildman–Crippen MR) is 107 cm³/mol. The zero-order chi connectivity index (χ0) is 19.8. The summed E-state index contributed by atoms with van der Waals surface area (Å²) in [4.78, 5) is 18.8. The summed E-state index contributed by atoms with van der Waals surface area (Å²) in [5, 5.41) is 4.05. The minimum absolute atomic E-state index is 0.167. The summed E-state index contributed by atoms with van der Waals surface area (Å²) in [5.74, 6) is 1.88. The molecule has 1 aliphatic rings. The third-order valence-electron chi connectivity index (χ3n) is 4.96. The lowest BCUT2D eigenvalue weighted by atomic mass is 10.2. The van der Waals surface area contributed by atoms with Gasteiger partial charge >= 0.3 is 0 Å². The number of nitrogens with zero attached hydrogens (tertiary/aromatic N) is 4. The van der Waals surface area contributed by atoms with Crippen molar-refractivity contribution >= 4 is 5.91 Å². The van der Waals surface area contributed by atoms with Crippen molar-refractivity contribution in [3.8, 4) is 5.75 Å². The third kappa shape index (κ3) is 6.35. The van der Waals surface area contributed by atoms with Crippen LogP contribution in [0, 0.1) is 6.92 Å². The lowest BCUT2D eigenvalue weighted by Gasteiger charge is -2.34. The topological polar surface area (TPSA) is 62.0 Å². The molecule has 1 amide bonds. The van der Waals surface area contributed by atoms with Gasteiger partial charge in [0, 0.05) is 52.4 Å². The molecule has 0 N–H and O–H groups in total. The first-order valence-electron chi connectivity index (χ1n) is 9.89. The molecule has 152 valence electrons. The van der Waals surface area contributed by atoms with Crippen molar-refractivity contribution in [1.29, 1.82) is 0 Å². The fourth-order valence-corrected chi connectivity index (χ4v) is 3.27. The van der Waals surface area contributed by atoms with Crippen LogP contribution in [0.5, 0.6) is 5.75 Å². The lowest BCUT2D eigenvalue weighted by Crippen LogP contribution is -2.49. The number of hydrogen-bond acceptors (Lipinski definition) is 6. The van der Waals surface area contributed by atoms with Crippen LogP contribution in [0.1, 0.15) is 17.9 Å². The molecule has 0 saturated carbocycles. The maximum Gasteiger partial charge on any atom is 0.236 e. The minimum Gasteiger partial charge on any atom is -0.494 e. The number of likely N-dealkylation sites (N-methyl/N-ethyl adjacent to an activating group) is 1. The molecule has 1 aromatic heterocycles. The number of carbonyl (C=O) groups excluding carboxylic acids is 1. The lowest BCUT2D eigenvalue weighted by molar-refractivity contribution is -0.131. The molecular weight excluding hydrogens is 356 g/mol. The highest BCUT2D eigenvalue weighted by molar-refractivity contribution is 5.77. The molecule has 7 nitrogen and oxygen atoms in total. The summed E-state index contributed by atoms with van der Waals surface area (Å²) in [5.41, 5.74) is 0.972. The second-order valence-corrected chi connectivity index (χ2v) is 7.31. The van der Waals surface area contributed by atoms with Gasteiger partial charge in [0.1, 0.15) is 11.5 Å². The number of piperazine rings is 1. The van der Waals surface area contributed by atoms with E-state index in [1.54, 1.807) is 4.90 Å². The molecule has 0 aliphatic carbocycles. The highest BCUT2D eigenvalue weighted by Gasteiger charge is 2.21. The van der Waals surface area contributed by atoms with E-state index >= 15 is 0 Å². The second-order valence-electron chi connectivity index (χ2n) is 7.31. The molecule has 1 saturated heterocycles. The van der Waals surface area contributed by atoms with E-state index in [1.165, 1.54) is 0 Å². The zero-order valence-corrected chi connectivity index (χ0v) is 16.8. The van der Waals surface area contributed by atoms with E-state index in [0.717, 1.165) is 56.3 Å². The highest BCUT2D eigenvalue weighted by Crippen LogP contribution is 2.10. The Morgan fingerprint density at radius 1 is 1.18 bits per heavy atom. The Labute approximate surface area is 166 Å². The molecule has 1 fully saturated rings. The van der Waals surface area contributed by atoms with Crippen molar-refractivity contribution in [2.45, 2.75) is 19.9 Å². The van der Waals surface area contributed by atoms with E-state index in [1.807, 2.05) is 50.4 Å². The number of hydrogen-bond donors (Lipinski definition) is 0. The standard InChI is InChI=1S/C21H30N4O3/c1-18-15-19(22-28-18)16-24-10-12-25(13-11-24)17-21(26)23(2)9-6-14-27-20-7-4-3-5-8-20/h3-5,7-8,15H,6,9-14,16-17H2,1-2H3. The third-order valence-corrected chi connectivity index (χ3v) is 4.96.